The molecule has 0 fully saturated rings. The molecular formula is C18H17ClN2O2. The molecule has 1 aliphatic heterocycles. The fourth-order valence-electron chi connectivity index (χ4n) is 2.40. The van der Waals surface area contributed by atoms with Crippen molar-refractivity contribution in [2.24, 2.45) is 4.99 Å². The summed E-state index contributed by atoms with van der Waals surface area (Å²) >= 11 is 6.01. The van der Waals surface area contributed by atoms with Crippen LogP contribution in [0.5, 0.6) is 5.75 Å². The highest BCUT2D eigenvalue weighted by molar-refractivity contribution is 6.30. The van der Waals surface area contributed by atoms with Gasteiger partial charge in [0.2, 0.25) is 0 Å². The van der Waals surface area contributed by atoms with Gasteiger partial charge in [0.25, 0.3) is 5.91 Å². The molecule has 0 unspecified atom stereocenters. The molecule has 0 aliphatic carbocycles. The number of halogens is 1. The van der Waals surface area contributed by atoms with Crippen molar-refractivity contribution >= 4 is 23.6 Å². The molecule has 0 spiro atoms. The van der Waals surface area contributed by atoms with E-state index in [1.807, 2.05) is 44.2 Å². The smallest absolute Gasteiger partial charge is 0.262 e. The summed E-state index contributed by atoms with van der Waals surface area (Å²) in [5, 5.41) is 0.611. The average Bonchev–Trinajstić information content (AvgIpc) is 2.53. The second-order valence-electron chi connectivity index (χ2n) is 5.60. The highest BCUT2D eigenvalue weighted by Crippen LogP contribution is 2.29. The predicted molar refractivity (Wildman–Crippen MR) is 90.7 cm³/mol. The van der Waals surface area contributed by atoms with Crippen molar-refractivity contribution in [3.8, 4) is 5.75 Å². The van der Waals surface area contributed by atoms with Crippen LogP contribution >= 0.6 is 11.6 Å². The largest absolute Gasteiger partial charge is 0.488 e. The maximum atomic E-state index is 12.8. The summed E-state index contributed by atoms with van der Waals surface area (Å²) in [5.41, 5.74) is 2.01. The van der Waals surface area contributed by atoms with Crippen LogP contribution in [0.3, 0.4) is 0 Å². The third kappa shape index (κ3) is 3.37. The number of ether oxygens (including phenoxy) is 1. The molecule has 23 heavy (non-hydrogen) atoms. The highest BCUT2D eigenvalue weighted by atomic mass is 35.5. The standard InChI is InChI=1S/C18H17ClN2O2/c1-12(2)20-17-5-3-4-8-21(17)18(22)14-9-13-10-15(19)6-7-16(13)23-11-14/h3-10,12H,11H2,1-2H3. The monoisotopic (exact) mass is 328 g/mol. The van der Waals surface area contributed by atoms with E-state index in [-0.39, 0.29) is 18.6 Å². The van der Waals surface area contributed by atoms with Crippen molar-refractivity contribution in [2.45, 2.75) is 19.9 Å². The number of nitrogens with zero attached hydrogens (tertiary/aromatic N) is 2. The van der Waals surface area contributed by atoms with Crippen LogP contribution in [-0.2, 0) is 0 Å². The molecule has 0 bridgehead atoms. The summed E-state index contributed by atoms with van der Waals surface area (Å²) < 4.78 is 7.21. The lowest BCUT2D eigenvalue weighted by molar-refractivity contribution is 0.0937. The van der Waals surface area contributed by atoms with Crippen molar-refractivity contribution in [1.82, 2.24) is 4.57 Å². The molecule has 0 radical (unpaired) electrons. The van der Waals surface area contributed by atoms with Crippen LogP contribution in [0.15, 0.2) is 53.2 Å². The zero-order valence-corrected chi connectivity index (χ0v) is 13.7. The molecule has 2 aromatic rings. The van der Waals surface area contributed by atoms with Crippen molar-refractivity contribution in [3.63, 3.8) is 0 Å². The van der Waals surface area contributed by atoms with Crippen molar-refractivity contribution in [1.29, 1.82) is 0 Å². The van der Waals surface area contributed by atoms with Gasteiger partial charge in [0.15, 0.2) is 0 Å². The van der Waals surface area contributed by atoms with E-state index in [0.717, 1.165) is 11.3 Å². The van der Waals surface area contributed by atoms with Crippen LogP contribution in [0.1, 0.15) is 24.2 Å². The quantitative estimate of drug-likeness (QED) is 0.846. The summed E-state index contributed by atoms with van der Waals surface area (Å²) in [5.74, 6) is 0.590. The minimum Gasteiger partial charge on any atom is -0.488 e. The Hall–Kier alpha value is -2.33. The number of fused-ring (bicyclic) bond motifs is 1. The molecule has 1 aliphatic rings. The Labute approximate surface area is 139 Å². The van der Waals surface area contributed by atoms with Gasteiger partial charge in [0.05, 0.1) is 5.57 Å². The SMILES string of the molecule is CC(C)N=c1ccccn1C(=O)C1=Cc2cc(Cl)ccc2OC1. The van der Waals surface area contributed by atoms with Gasteiger partial charge in [0.1, 0.15) is 17.8 Å². The van der Waals surface area contributed by atoms with Crippen LogP contribution in [0.25, 0.3) is 6.08 Å². The van der Waals surface area contributed by atoms with Gasteiger partial charge in [-0.1, -0.05) is 17.7 Å². The first-order chi connectivity index (χ1) is 11.0. The second kappa shape index (κ2) is 6.42. The molecule has 118 valence electrons. The molecule has 4 nitrogen and oxygen atoms in total. The van der Waals surface area contributed by atoms with E-state index >= 15 is 0 Å². The molecular weight excluding hydrogens is 312 g/mol. The van der Waals surface area contributed by atoms with Crippen molar-refractivity contribution in [3.05, 3.63) is 64.2 Å². The number of benzene rings is 1. The van der Waals surface area contributed by atoms with E-state index in [1.165, 1.54) is 0 Å². The first kappa shape index (κ1) is 15.6. The molecule has 0 atom stereocenters. The molecule has 5 heteroatoms. The topological polar surface area (TPSA) is 43.6 Å². The summed E-state index contributed by atoms with van der Waals surface area (Å²) in [4.78, 5) is 17.3. The number of aromatic nitrogens is 1. The van der Waals surface area contributed by atoms with Gasteiger partial charge >= 0.3 is 0 Å². The average molecular weight is 329 g/mol. The van der Waals surface area contributed by atoms with Gasteiger partial charge in [-0.05, 0) is 50.3 Å². The first-order valence-electron chi connectivity index (χ1n) is 7.44. The summed E-state index contributed by atoms with van der Waals surface area (Å²) in [6.07, 6.45) is 3.55. The second-order valence-corrected chi connectivity index (χ2v) is 6.03. The molecule has 0 N–H and O–H groups in total. The van der Waals surface area contributed by atoms with E-state index in [2.05, 4.69) is 4.99 Å². The van der Waals surface area contributed by atoms with Crippen LogP contribution in [0.4, 0.5) is 0 Å². The fraction of sp³-hybridized carbons (Fsp3) is 0.222. The highest BCUT2D eigenvalue weighted by Gasteiger charge is 2.19. The molecule has 0 saturated carbocycles. The van der Waals surface area contributed by atoms with Gasteiger partial charge in [-0.25, -0.2) is 0 Å². The van der Waals surface area contributed by atoms with E-state index in [4.69, 9.17) is 16.3 Å². The summed E-state index contributed by atoms with van der Waals surface area (Å²) in [7, 11) is 0. The number of hydrogen-bond acceptors (Lipinski definition) is 3. The molecule has 0 amide bonds. The number of pyridine rings is 1. The van der Waals surface area contributed by atoms with Gasteiger partial charge in [-0.2, -0.15) is 0 Å². The molecule has 1 aromatic heterocycles. The van der Waals surface area contributed by atoms with E-state index in [0.29, 0.717) is 16.1 Å². The zero-order valence-electron chi connectivity index (χ0n) is 13.0. The normalized spacial score (nSPS) is 14.3. The lowest BCUT2D eigenvalue weighted by Crippen LogP contribution is -2.30. The first-order valence-corrected chi connectivity index (χ1v) is 7.81. The minimum atomic E-state index is -0.143. The van der Waals surface area contributed by atoms with E-state index in [1.54, 1.807) is 22.9 Å². The molecule has 3 rings (SSSR count). The van der Waals surface area contributed by atoms with Crippen LogP contribution < -0.4 is 10.2 Å². The Kier molecular flexibility index (Phi) is 4.35. The third-order valence-corrected chi connectivity index (χ3v) is 3.64. The van der Waals surface area contributed by atoms with Gasteiger partial charge in [-0.3, -0.25) is 14.4 Å². The Bertz CT molecular complexity index is 850. The Morgan fingerprint density at radius 3 is 2.91 bits per heavy atom. The van der Waals surface area contributed by atoms with Gasteiger partial charge in [0, 0.05) is 22.8 Å². The lowest BCUT2D eigenvalue weighted by atomic mass is 10.1. The Morgan fingerprint density at radius 2 is 2.13 bits per heavy atom. The zero-order chi connectivity index (χ0) is 16.4. The third-order valence-electron chi connectivity index (χ3n) is 3.41. The number of carbonyl (C=O) groups excluding carboxylic acids is 1. The van der Waals surface area contributed by atoms with Gasteiger partial charge < -0.3 is 4.74 Å². The maximum absolute atomic E-state index is 12.8. The minimum absolute atomic E-state index is 0.104. The number of hydrogen-bond donors (Lipinski definition) is 0. The van der Waals surface area contributed by atoms with E-state index in [9.17, 15) is 4.79 Å². The van der Waals surface area contributed by atoms with Crippen molar-refractivity contribution < 1.29 is 9.53 Å². The molecule has 0 saturated heterocycles. The van der Waals surface area contributed by atoms with E-state index < -0.39 is 0 Å². The number of carbonyl (C=O) groups is 1. The van der Waals surface area contributed by atoms with Gasteiger partial charge in [-0.15, -0.1) is 0 Å². The van der Waals surface area contributed by atoms with Crippen LogP contribution in [0, 0.1) is 0 Å². The van der Waals surface area contributed by atoms with Crippen molar-refractivity contribution in [2.75, 3.05) is 6.61 Å². The maximum Gasteiger partial charge on any atom is 0.262 e. The number of rotatable bonds is 2. The van der Waals surface area contributed by atoms with Crippen LogP contribution in [0.2, 0.25) is 5.02 Å². The molecule has 2 heterocycles. The van der Waals surface area contributed by atoms with Crippen LogP contribution in [-0.4, -0.2) is 23.1 Å². The summed E-state index contributed by atoms with van der Waals surface area (Å²) in [6, 6.07) is 11.0. The fourth-order valence-corrected chi connectivity index (χ4v) is 2.58. The summed E-state index contributed by atoms with van der Waals surface area (Å²) in [6.45, 7) is 4.18. The molecule has 1 aromatic carbocycles. The predicted octanol–water partition coefficient (Wildman–Crippen LogP) is 3.57. The lowest BCUT2D eigenvalue weighted by Gasteiger charge is -2.18. The Morgan fingerprint density at radius 1 is 1.30 bits per heavy atom. The Balaban J connectivity index is 2.03.